The van der Waals surface area contributed by atoms with Gasteiger partial charge in [-0.25, -0.2) is 0 Å². The summed E-state index contributed by atoms with van der Waals surface area (Å²) in [6.07, 6.45) is 3.20. The van der Waals surface area contributed by atoms with Crippen LogP contribution in [0.1, 0.15) is 52.3 Å². The Labute approximate surface area is 103 Å². The Morgan fingerprint density at radius 1 is 1.41 bits per heavy atom. The second-order valence-corrected chi connectivity index (χ2v) is 5.68. The lowest BCUT2D eigenvalue weighted by Crippen LogP contribution is -2.35. The fourth-order valence-electron chi connectivity index (χ4n) is 1.99. The highest BCUT2D eigenvalue weighted by molar-refractivity contribution is 5.14. The predicted molar refractivity (Wildman–Crippen MR) is 66.9 cm³/mol. The van der Waals surface area contributed by atoms with Crippen LogP contribution in [0.15, 0.2) is 4.52 Å². The second-order valence-electron chi connectivity index (χ2n) is 5.68. The molecule has 1 aromatic rings. The number of rotatable bonds is 6. The smallest absolute Gasteiger partial charge is 0.228 e. The Balaban J connectivity index is 1.99. The van der Waals surface area contributed by atoms with Crippen molar-refractivity contribution in [3.8, 4) is 0 Å². The number of likely N-dealkylation sites (N-methyl/N-ethyl adjacent to an activating group) is 1. The first-order valence-corrected chi connectivity index (χ1v) is 6.61. The van der Waals surface area contributed by atoms with Crippen LogP contribution in [0.5, 0.6) is 0 Å². The highest BCUT2D eigenvalue weighted by Crippen LogP contribution is 2.45. The molecule has 4 heteroatoms. The summed E-state index contributed by atoms with van der Waals surface area (Å²) >= 11 is 0. The molecular formula is C13H23N3O. The molecule has 17 heavy (non-hydrogen) atoms. The molecule has 96 valence electrons. The van der Waals surface area contributed by atoms with Gasteiger partial charge in [-0.3, -0.25) is 0 Å². The van der Waals surface area contributed by atoms with E-state index in [0.717, 1.165) is 24.7 Å². The van der Waals surface area contributed by atoms with E-state index in [4.69, 9.17) is 4.52 Å². The summed E-state index contributed by atoms with van der Waals surface area (Å²) in [6.45, 7) is 9.73. The summed E-state index contributed by atoms with van der Waals surface area (Å²) in [7, 11) is 0. The SMILES string of the molecule is CCNC(Cc1nc(C2(C)CC2)no1)C(C)C. The van der Waals surface area contributed by atoms with Gasteiger partial charge in [0, 0.05) is 17.9 Å². The average molecular weight is 237 g/mol. The zero-order valence-corrected chi connectivity index (χ0v) is 11.3. The maximum atomic E-state index is 5.36. The Hall–Kier alpha value is -0.900. The number of nitrogens with one attached hydrogen (secondary N) is 1. The van der Waals surface area contributed by atoms with Crippen molar-refractivity contribution in [2.45, 2.75) is 58.4 Å². The van der Waals surface area contributed by atoms with Crippen molar-refractivity contribution in [1.29, 1.82) is 0 Å². The van der Waals surface area contributed by atoms with E-state index in [1.54, 1.807) is 0 Å². The molecule has 1 aliphatic rings. The minimum absolute atomic E-state index is 0.202. The van der Waals surface area contributed by atoms with E-state index in [9.17, 15) is 0 Å². The van der Waals surface area contributed by atoms with Crippen LogP contribution in [0.3, 0.4) is 0 Å². The zero-order chi connectivity index (χ0) is 12.5. The lowest BCUT2D eigenvalue weighted by molar-refractivity contribution is 0.326. The maximum absolute atomic E-state index is 5.36. The second kappa shape index (κ2) is 4.77. The molecule has 0 amide bonds. The van der Waals surface area contributed by atoms with Crippen LogP contribution in [0.2, 0.25) is 0 Å². The van der Waals surface area contributed by atoms with E-state index in [0.29, 0.717) is 12.0 Å². The van der Waals surface area contributed by atoms with Gasteiger partial charge in [0.15, 0.2) is 5.82 Å². The molecule has 0 radical (unpaired) electrons. The van der Waals surface area contributed by atoms with Crippen LogP contribution < -0.4 is 5.32 Å². The number of nitrogens with zero attached hydrogens (tertiary/aromatic N) is 2. The van der Waals surface area contributed by atoms with Gasteiger partial charge in [-0.15, -0.1) is 0 Å². The molecule has 1 heterocycles. The molecule has 1 N–H and O–H groups in total. The highest BCUT2D eigenvalue weighted by Gasteiger charge is 2.43. The molecule has 0 saturated heterocycles. The maximum Gasteiger partial charge on any atom is 0.228 e. The highest BCUT2D eigenvalue weighted by atomic mass is 16.5. The molecule has 0 bridgehead atoms. The van der Waals surface area contributed by atoms with Crippen LogP contribution >= 0.6 is 0 Å². The van der Waals surface area contributed by atoms with Gasteiger partial charge in [0.2, 0.25) is 5.89 Å². The zero-order valence-electron chi connectivity index (χ0n) is 11.3. The summed E-state index contributed by atoms with van der Waals surface area (Å²) in [5.41, 5.74) is 0.202. The van der Waals surface area contributed by atoms with Crippen molar-refractivity contribution in [2.24, 2.45) is 5.92 Å². The molecule has 1 aliphatic carbocycles. The van der Waals surface area contributed by atoms with Crippen molar-refractivity contribution in [2.75, 3.05) is 6.54 Å². The Kier molecular flexibility index (Phi) is 3.52. The first kappa shape index (κ1) is 12.6. The van der Waals surface area contributed by atoms with Crippen LogP contribution in [-0.2, 0) is 11.8 Å². The molecule has 0 spiro atoms. The largest absolute Gasteiger partial charge is 0.339 e. The van der Waals surface area contributed by atoms with Crippen molar-refractivity contribution < 1.29 is 4.52 Å². The minimum atomic E-state index is 0.202. The van der Waals surface area contributed by atoms with Gasteiger partial charge in [-0.1, -0.05) is 32.9 Å². The van der Waals surface area contributed by atoms with E-state index in [1.807, 2.05) is 0 Å². The van der Waals surface area contributed by atoms with Gasteiger partial charge in [-0.2, -0.15) is 4.98 Å². The summed E-state index contributed by atoms with van der Waals surface area (Å²) in [5, 5.41) is 7.57. The minimum Gasteiger partial charge on any atom is -0.339 e. The Morgan fingerprint density at radius 3 is 2.65 bits per heavy atom. The third-order valence-electron chi connectivity index (χ3n) is 3.67. The number of hydrogen-bond donors (Lipinski definition) is 1. The molecule has 1 aromatic heterocycles. The van der Waals surface area contributed by atoms with Crippen molar-refractivity contribution in [1.82, 2.24) is 15.5 Å². The summed E-state index contributed by atoms with van der Waals surface area (Å²) in [4.78, 5) is 4.53. The third-order valence-corrected chi connectivity index (χ3v) is 3.67. The van der Waals surface area contributed by atoms with E-state index in [1.165, 1.54) is 12.8 Å². The fraction of sp³-hybridized carbons (Fsp3) is 0.846. The normalized spacial score (nSPS) is 19.6. The average Bonchev–Trinajstić information content (AvgIpc) is 2.85. The standard InChI is InChI=1S/C13H23N3O/c1-5-14-10(9(2)3)8-11-15-12(16-17-11)13(4)6-7-13/h9-10,14H,5-8H2,1-4H3. The molecule has 4 nitrogen and oxygen atoms in total. The number of hydrogen-bond acceptors (Lipinski definition) is 4. The van der Waals surface area contributed by atoms with Gasteiger partial charge >= 0.3 is 0 Å². The molecular weight excluding hydrogens is 214 g/mol. The first-order valence-electron chi connectivity index (χ1n) is 6.61. The van der Waals surface area contributed by atoms with E-state index >= 15 is 0 Å². The predicted octanol–water partition coefficient (Wildman–Crippen LogP) is 2.30. The van der Waals surface area contributed by atoms with E-state index in [-0.39, 0.29) is 5.41 Å². The quantitative estimate of drug-likeness (QED) is 0.824. The van der Waals surface area contributed by atoms with Crippen molar-refractivity contribution in [3.63, 3.8) is 0 Å². The van der Waals surface area contributed by atoms with Gasteiger partial charge in [-0.05, 0) is 25.3 Å². The monoisotopic (exact) mass is 237 g/mol. The molecule has 1 fully saturated rings. The Bertz CT molecular complexity index is 368. The van der Waals surface area contributed by atoms with Crippen molar-refractivity contribution in [3.05, 3.63) is 11.7 Å². The van der Waals surface area contributed by atoms with Gasteiger partial charge in [0.25, 0.3) is 0 Å². The van der Waals surface area contributed by atoms with E-state index in [2.05, 4.69) is 43.2 Å². The topological polar surface area (TPSA) is 51.0 Å². The van der Waals surface area contributed by atoms with Crippen LogP contribution in [-0.4, -0.2) is 22.7 Å². The summed E-state index contributed by atoms with van der Waals surface area (Å²) in [6, 6.07) is 0.417. The van der Waals surface area contributed by atoms with Crippen LogP contribution in [0, 0.1) is 5.92 Å². The molecule has 2 rings (SSSR count). The molecule has 1 unspecified atom stereocenters. The number of aromatic nitrogens is 2. The Morgan fingerprint density at radius 2 is 2.12 bits per heavy atom. The summed E-state index contributed by atoms with van der Waals surface area (Å²) in [5.74, 6) is 2.24. The molecule has 1 saturated carbocycles. The van der Waals surface area contributed by atoms with Gasteiger partial charge in [0.1, 0.15) is 0 Å². The van der Waals surface area contributed by atoms with Gasteiger partial charge in [0.05, 0.1) is 0 Å². The van der Waals surface area contributed by atoms with Crippen LogP contribution in [0.4, 0.5) is 0 Å². The van der Waals surface area contributed by atoms with Gasteiger partial charge < -0.3 is 9.84 Å². The lowest BCUT2D eigenvalue weighted by Gasteiger charge is -2.19. The molecule has 1 atom stereocenters. The molecule has 0 aliphatic heterocycles. The molecule has 0 aromatic carbocycles. The van der Waals surface area contributed by atoms with Crippen LogP contribution in [0.25, 0.3) is 0 Å². The van der Waals surface area contributed by atoms with E-state index < -0.39 is 0 Å². The lowest BCUT2D eigenvalue weighted by atomic mass is 10.0. The first-order chi connectivity index (χ1) is 8.05. The van der Waals surface area contributed by atoms with Crippen molar-refractivity contribution >= 4 is 0 Å². The fourth-order valence-corrected chi connectivity index (χ4v) is 1.99. The summed E-state index contributed by atoms with van der Waals surface area (Å²) < 4.78 is 5.36. The third kappa shape index (κ3) is 2.86.